The number of hydrogen-bond donors (Lipinski definition) is 2. The number of anilines is 1. The van der Waals surface area contributed by atoms with Crippen LogP contribution in [0.1, 0.15) is 28.4 Å². The van der Waals surface area contributed by atoms with E-state index in [4.69, 9.17) is 5.73 Å². The fourth-order valence-electron chi connectivity index (χ4n) is 3.60. The minimum atomic E-state index is -0.683. The van der Waals surface area contributed by atoms with Gasteiger partial charge in [0.1, 0.15) is 30.3 Å². The molecule has 0 saturated heterocycles. The van der Waals surface area contributed by atoms with Crippen molar-refractivity contribution >= 4 is 11.6 Å². The SMILES string of the molecule is CCn1c(=O)c(C(=O)C[NH+](C)Cc2cccc(F)c2)c(N)n(Cc2ccccc2)c1=O. The van der Waals surface area contributed by atoms with E-state index in [0.29, 0.717) is 6.54 Å². The number of nitrogen functional groups attached to an aromatic ring is 1. The molecule has 3 rings (SSSR count). The van der Waals surface area contributed by atoms with E-state index in [1.165, 1.54) is 16.7 Å². The van der Waals surface area contributed by atoms with Crippen LogP contribution in [0.4, 0.5) is 10.2 Å². The lowest BCUT2D eigenvalue weighted by molar-refractivity contribution is -0.884. The number of quaternary nitrogens is 1. The fraction of sp³-hybridized carbons (Fsp3) is 0.261. The fourth-order valence-corrected chi connectivity index (χ4v) is 3.60. The summed E-state index contributed by atoms with van der Waals surface area (Å²) in [6, 6.07) is 15.4. The molecular formula is C23H26FN4O3+. The maximum atomic E-state index is 13.4. The number of halogens is 1. The zero-order valence-corrected chi connectivity index (χ0v) is 17.6. The Balaban J connectivity index is 1.93. The molecule has 3 N–H and O–H groups in total. The van der Waals surface area contributed by atoms with E-state index in [2.05, 4.69) is 0 Å². The molecule has 8 heteroatoms. The van der Waals surface area contributed by atoms with E-state index in [9.17, 15) is 18.8 Å². The number of carbonyl (C=O) groups is 1. The van der Waals surface area contributed by atoms with Crippen LogP contribution >= 0.6 is 0 Å². The number of rotatable bonds is 8. The normalized spacial score (nSPS) is 12.0. The molecule has 7 nitrogen and oxygen atoms in total. The van der Waals surface area contributed by atoms with E-state index in [1.54, 1.807) is 26.1 Å². The number of nitrogens with one attached hydrogen (secondary N) is 1. The van der Waals surface area contributed by atoms with Crippen molar-refractivity contribution in [1.29, 1.82) is 0 Å². The van der Waals surface area contributed by atoms with Gasteiger partial charge in [-0.05, 0) is 24.6 Å². The Hall–Kier alpha value is -3.52. The van der Waals surface area contributed by atoms with Gasteiger partial charge in [0.15, 0.2) is 0 Å². The third kappa shape index (κ3) is 4.97. The molecule has 2 aromatic carbocycles. The van der Waals surface area contributed by atoms with Crippen molar-refractivity contribution in [2.75, 3.05) is 19.3 Å². The molecule has 1 atom stereocenters. The second-order valence-corrected chi connectivity index (χ2v) is 7.53. The van der Waals surface area contributed by atoms with Crippen LogP contribution < -0.4 is 21.9 Å². The van der Waals surface area contributed by atoms with E-state index >= 15 is 0 Å². The number of nitrogens with zero attached hydrogens (tertiary/aromatic N) is 2. The Morgan fingerprint density at radius 2 is 1.71 bits per heavy atom. The topological polar surface area (TPSA) is 91.5 Å². The molecular weight excluding hydrogens is 399 g/mol. The minimum absolute atomic E-state index is 0.0246. The van der Waals surface area contributed by atoms with Gasteiger partial charge >= 0.3 is 5.69 Å². The van der Waals surface area contributed by atoms with Gasteiger partial charge in [-0.25, -0.2) is 9.18 Å². The molecule has 1 aromatic heterocycles. The summed E-state index contributed by atoms with van der Waals surface area (Å²) in [5.74, 6) is -0.938. The van der Waals surface area contributed by atoms with Crippen LogP contribution in [0.2, 0.25) is 0 Å². The Morgan fingerprint density at radius 1 is 1.03 bits per heavy atom. The second kappa shape index (κ2) is 9.53. The molecule has 0 aliphatic heterocycles. The van der Waals surface area contributed by atoms with Gasteiger partial charge in [0, 0.05) is 12.1 Å². The molecule has 0 amide bonds. The van der Waals surface area contributed by atoms with Crippen LogP contribution in [0.3, 0.4) is 0 Å². The van der Waals surface area contributed by atoms with E-state index in [1.807, 2.05) is 30.3 Å². The zero-order chi connectivity index (χ0) is 22.5. The summed E-state index contributed by atoms with van der Waals surface area (Å²) in [7, 11) is 1.78. The summed E-state index contributed by atoms with van der Waals surface area (Å²) in [5.41, 5.74) is 6.32. The van der Waals surface area contributed by atoms with Crippen LogP contribution in [-0.2, 0) is 19.6 Å². The summed E-state index contributed by atoms with van der Waals surface area (Å²) < 4.78 is 15.7. The van der Waals surface area contributed by atoms with Gasteiger partial charge in [-0.2, -0.15) is 0 Å². The summed E-state index contributed by atoms with van der Waals surface area (Å²) in [6.07, 6.45) is 0. The van der Waals surface area contributed by atoms with Crippen LogP contribution in [0, 0.1) is 5.82 Å². The standard InChI is InChI=1S/C23H25FN4O3/c1-3-27-22(30)20(19(29)15-26(2)13-17-10-7-11-18(24)12-17)21(25)28(23(27)31)14-16-8-5-4-6-9-16/h4-12H,3,13-15,25H2,1-2H3/p+1. The van der Waals surface area contributed by atoms with Gasteiger partial charge in [0.05, 0.1) is 13.6 Å². The molecule has 0 radical (unpaired) electrons. The maximum Gasteiger partial charge on any atom is 0.332 e. The highest BCUT2D eigenvalue weighted by Crippen LogP contribution is 2.09. The lowest BCUT2D eigenvalue weighted by Crippen LogP contribution is -3.08. The lowest BCUT2D eigenvalue weighted by Gasteiger charge is -2.17. The first-order valence-electron chi connectivity index (χ1n) is 10.1. The monoisotopic (exact) mass is 425 g/mol. The summed E-state index contributed by atoms with van der Waals surface area (Å²) in [6.45, 7) is 2.32. The lowest BCUT2D eigenvalue weighted by atomic mass is 10.1. The molecule has 0 aliphatic rings. The van der Waals surface area contributed by atoms with Crippen molar-refractivity contribution in [1.82, 2.24) is 9.13 Å². The van der Waals surface area contributed by atoms with E-state index in [0.717, 1.165) is 20.6 Å². The quantitative estimate of drug-likeness (QED) is 0.520. The van der Waals surface area contributed by atoms with Crippen LogP contribution in [0.5, 0.6) is 0 Å². The summed E-state index contributed by atoms with van der Waals surface area (Å²) >= 11 is 0. The molecule has 0 fully saturated rings. The second-order valence-electron chi connectivity index (χ2n) is 7.53. The minimum Gasteiger partial charge on any atom is -0.384 e. The zero-order valence-electron chi connectivity index (χ0n) is 17.6. The van der Waals surface area contributed by atoms with Crippen LogP contribution in [0.25, 0.3) is 0 Å². The molecule has 3 aromatic rings. The molecule has 162 valence electrons. The van der Waals surface area contributed by atoms with Crippen molar-refractivity contribution in [2.45, 2.75) is 26.6 Å². The highest BCUT2D eigenvalue weighted by Gasteiger charge is 2.24. The number of benzene rings is 2. The van der Waals surface area contributed by atoms with Gasteiger partial charge in [0.2, 0.25) is 5.78 Å². The highest BCUT2D eigenvalue weighted by molar-refractivity contribution is 6.00. The molecule has 0 saturated carbocycles. The Morgan fingerprint density at radius 3 is 2.35 bits per heavy atom. The summed E-state index contributed by atoms with van der Waals surface area (Å²) in [4.78, 5) is 39.5. The number of Topliss-reactive ketones (excluding diaryl/α,β-unsaturated/α-hetero) is 1. The average molecular weight is 425 g/mol. The third-order valence-corrected chi connectivity index (χ3v) is 5.10. The third-order valence-electron chi connectivity index (χ3n) is 5.10. The molecule has 1 unspecified atom stereocenters. The van der Waals surface area contributed by atoms with Crippen molar-refractivity contribution in [2.24, 2.45) is 0 Å². The molecule has 31 heavy (non-hydrogen) atoms. The number of aromatic nitrogens is 2. The molecule has 0 bridgehead atoms. The number of likely N-dealkylation sites (N-methyl/N-ethyl adjacent to an activating group) is 1. The van der Waals surface area contributed by atoms with Gasteiger partial charge < -0.3 is 10.6 Å². The first-order valence-corrected chi connectivity index (χ1v) is 10.1. The maximum absolute atomic E-state index is 13.4. The Kier molecular flexibility index (Phi) is 6.81. The van der Waals surface area contributed by atoms with Crippen molar-refractivity contribution in [3.63, 3.8) is 0 Å². The predicted octanol–water partition coefficient (Wildman–Crippen LogP) is 0.697. The van der Waals surface area contributed by atoms with Crippen molar-refractivity contribution in [3.8, 4) is 0 Å². The van der Waals surface area contributed by atoms with Gasteiger partial charge in [-0.1, -0.05) is 42.5 Å². The summed E-state index contributed by atoms with van der Waals surface area (Å²) in [5, 5.41) is 0. The number of nitrogens with two attached hydrogens (primary N) is 1. The largest absolute Gasteiger partial charge is 0.384 e. The van der Waals surface area contributed by atoms with E-state index < -0.39 is 17.0 Å². The molecule has 1 heterocycles. The van der Waals surface area contributed by atoms with Gasteiger partial charge in [-0.3, -0.25) is 18.7 Å². The Labute approximate surface area is 179 Å². The van der Waals surface area contributed by atoms with Crippen LogP contribution in [-0.4, -0.2) is 28.5 Å². The van der Waals surface area contributed by atoms with Crippen molar-refractivity contribution in [3.05, 3.63) is 97.9 Å². The predicted molar refractivity (Wildman–Crippen MR) is 117 cm³/mol. The highest BCUT2D eigenvalue weighted by atomic mass is 19.1. The number of ketones is 1. The van der Waals surface area contributed by atoms with Gasteiger partial charge in [0.25, 0.3) is 5.56 Å². The molecule has 0 aliphatic carbocycles. The van der Waals surface area contributed by atoms with Crippen molar-refractivity contribution < 1.29 is 14.1 Å². The molecule has 0 spiro atoms. The van der Waals surface area contributed by atoms with Crippen LogP contribution in [0.15, 0.2) is 64.2 Å². The number of hydrogen-bond acceptors (Lipinski definition) is 4. The average Bonchev–Trinajstić information content (AvgIpc) is 2.72. The first kappa shape index (κ1) is 22.2. The van der Waals surface area contributed by atoms with E-state index in [-0.39, 0.29) is 36.8 Å². The smallest absolute Gasteiger partial charge is 0.332 e. The number of carbonyl (C=O) groups excluding carboxylic acids is 1. The van der Waals surface area contributed by atoms with Gasteiger partial charge in [-0.15, -0.1) is 0 Å². The first-order chi connectivity index (χ1) is 14.8. The Bertz CT molecular complexity index is 1200.